The van der Waals surface area contributed by atoms with E-state index in [1.807, 2.05) is 6.08 Å². The molecule has 0 aliphatic rings. The number of unbranched alkanes of at least 4 members (excludes halogenated alkanes) is 25. The maximum Gasteiger partial charge on any atom is 0.310 e. The summed E-state index contributed by atoms with van der Waals surface area (Å²) in [6.45, 7) is 4.52. The molecule has 0 saturated carbocycles. The van der Waals surface area contributed by atoms with Crippen LogP contribution in [0.15, 0.2) is 12.3 Å². The minimum Gasteiger partial charge on any atom is -0.435 e. The second-order valence-corrected chi connectivity index (χ2v) is 10.9. The molecule has 208 valence electrons. The summed E-state index contributed by atoms with van der Waals surface area (Å²) >= 11 is 0. The number of carbonyl (C=O) groups is 1. The molecule has 0 N–H and O–H groups in total. The van der Waals surface area contributed by atoms with Crippen LogP contribution >= 0.6 is 0 Å². The minimum absolute atomic E-state index is 0.0667. The third-order valence-electron chi connectivity index (χ3n) is 7.25. The quantitative estimate of drug-likeness (QED) is 0.0589. The van der Waals surface area contributed by atoms with Crippen molar-refractivity contribution in [3.63, 3.8) is 0 Å². The average molecular weight is 493 g/mol. The molecule has 0 fully saturated rings. The Bertz CT molecular complexity index is 429. The van der Waals surface area contributed by atoms with Gasteiger partial charge in [-0.15, -0.1) is 0 Å². The fourth-order valence-corrected chi connectivity index (χ4v) is 4.82. The van der Waals surface area contributed by atoms with Crippen molar-refractivity contribution in [1.29, 1.82) is 0 Å². The first-order valence-electron chi connectivity index (χ1n) is 16.2. The monoisotopic (exact) mass is 492 g/mol. The molecule has 0 aromatic rings. The molecule has 0 radical (unpaired) electrons. The molecular weight excluding hydrogens is 428 g/mol. The molecule has 0 rings (SSSR count). The zero-order chi connectivity index (χ0) is 25.5. The normalized spacial score (nSPS) is 11.5. The Labute approximate surface area is 221 Å². The number of allylic oxidation sites excluding steroid dienone is 1. The smallest absolute Gasteiger partial charge is 0.310 e. The van der Waals surface area contributed by atoms with Crippen LogP contribution in [-0.2, 0) is 9.53 Å². The van der Waals surface area contributed by atoms with Crippen LogP contribution in [0.2, 0.25) is 0 Å². The third kappa shape index (κ3) is 31.2. The predicted molar refractivity (Wildman–Crippen MR) is 156 cm³/mol. The lowest BCUT2D eigenvalue weighted by Gasteiger charge is -2.04. The average Bonchev–Trinajstić information content (AvgIpc) is 2.86. The highest BCUT2D eigenvalue weighted by Gasteiger charge is 2.01. The van der Waals surface area contributed by atoms with E-state index in [9.17, 15) is 4.79 Å². The zero-order valence-corrected chi connectivity index (χ0v) is 24.3. The maximum absolute atomic E-state index is 11.7. The van der Waals surface area contributed by atoms with Gasteiger partial charge in [-0.25, -0.2) is 0 Å². The fourth-order valence-electron chi connectivity index (χ4n) is 4.82. The summed E-state index contributed by atoms with van der Waals surface area (Å²) < 4.78 is 5.18. The van der Waals surface area contributed by atoms with Gasteiger partial charge >= 0.3 is 5.97 Å². The van der Waals surface area contributed by atoms with E-state index in [-0.39, 0.29) is 5.97 Å². The van der Waals surface area contributed by atoms with E-state index < -0.39 is 0 Å². The van der Waals surface area contributed by atoms with Gasteiger partial charge in [0.15, 0.2) is 0 Å². The van der Waals surface area contributed by atoms with E-state index in [0.717, 1.165) is 19.3 Å². The van der Waals surface area contributed by atoms with Crippen LogP contribution in [0.25, 0.3) is 0 Å². The zero-order valence-electron chi connectivity index (χ0n) is 24.3. The van der Waals surface area contributed by atoms with Crippen LogP contribution in [-0.4, -0.2) is 5.97 Å². The molecule has 0 aliphatic heterocycles. The standard InChI is InChI=1S/C33H64O2/c1-3-5-7-9-11-12-13-14-15-16-17-18-19-20-21-22-23-24-25-26-27-29-31-33(34)35-32-30-28-10-8-6-4-2/h30,32H,3-29,31H2,1-2H3/b32-30+. The molecule has 0 amide bonds. The molecule has 0 spiro atoms. The Balaban J connectivity index is 3.14. The third-order valence-corrected chi connectivity index (χ3v) is 7.25. The summed E-state index contributed by atoms with van der Waals surface area (Å²) in [6, 6.07) is 0. The highest BCUT2D eigenvalue weighted by Crippen LogP contribution is 2.15. The Kier molecular flexibility index (Phi) is 30.5. The molecule has 0 atom stereocenters. The second kappa shape index (κ2) is 31.2. The Hall–Kier alpha value is -0.790. The first kappa shape index (κ1) is 34.2. The molecule has 0 aliphatic carbocycles. The van der Waals surface area contributed by atoms with Crippen molar-refractivity contribution in [2.24, 2.45) is 0 Å². The summed E-state index contributed by atoms with van der Waals surface area (Å²) in [5, 5.41) is 0. The summed E-state index contributed by atoms with van der Waals surface area (Å²) in [4.78, 5) is 11.7. The highest BCUT2D eigenvalue weighted by atomic mass is 16.5. The molecule has 35 heavy (non-hydrogen) atoms. The lowest BCUT2D eigenvalue weighted by Crippen LogP contribution is -1.98. The Morgan fingerprint density at radius 1 is 0.457 bits per heavy atom. The Morgan fingerprint density at radius 3 is 1.14 bits per heavy atom. The molecule has 0 bridgehead atoms. The van der Waals surface area contributed by atoms with Gasteiger partial charge in [0.25, 0.3) is 0 Å². The van der Waals surface area contributed by atoms with Crippen molar-refractivity contribution in [2.45, 2.75) is 194 Å². The second-order valence-electron chi connectivity index (χ2n) is 10.9. The van der Waals surface area contributed by atoms with Crippen LogP contribution in [0.5, 0.6) is 0 Å². The highest BCUT2D eigenvalue weighted by molar-refractivity contribution is 5.69. The van der Waals surface area contributed by atoms with Crippen LogP contribution in [0.4, 0.5) is 0 Å². The summed E-state index contributed by atoms with van der Waals surface area (Å²) in [5.74, 6) is -0.0667. The van der Waals surface area contributed by atoms with Crippen molar-refractivity contribution in [1.82, 2.24) is 0 Å². The van der Waals surface area contributed by atoms with Gasteiger partial charge in [-0.2, -0.15) is 0 Å². The molecule has 2 heteroatoms. The minimum atomic E-state index is -0.0667. The Morgan fingerprint density at radius 2 is 0.771 bits per heavy atom. The molecule has 0 heterocycles. The number of ether oxygens (including phenoxy) is 1. The maximum atomic E-state index is 11.7. The first-order valence-corrected chi connectivity index (χ1v) is 16.2. The summed E-state index contributed by atoms with van der Waals surface area (Å²) in [7, 11) is 0. The number of hydrogen-bond donors (Lipinski definition) is 0. The number of carbonyl (C=O) groups excluding carboxylic acids is 1. The van der Waals surface area contributed by atoms with E-state index in [1.54, 1.807) is 6.26 Å². The number of rotatable bonds is 29. The SMILES string of the molecule is CCCCCC/C=C/OC(=O)CCCCCCCCCCCCCCCCCCCCCCCC. The topological polar surface area (TPSA) is 26.3 Å². The lowest BCUT2D eigenvalue weighted by molar-refractivity contribution is -0.138. The van der Waals surface area contributed by atoms with Gasteiger partial charge in [-0.05, 0) is 25.3 Å². The van der Waals surface area contributed by atoms with Crippen molar-refractivity contribution >= 4 is 5.97 Å². The van der Waals surface area contributed by atoms with Crippen molar-refractivity contribution in [2.75, 3.05) is 0 Å². The van der Waals surface area contributed by atoms with Crippen molar-refractivity contribution in [3.8, 4) is 0 Å². The van der Waals surface area contributed by atoms with Crippen LogP contribution in [0, 0.1) is 0 Å². The van der Waals surface area contributed by atoms with E-state index in [4.69, 9.17) is 4.74 Å². The summed E-state index contributed by atoms with van der Waals surface area (Å²) in [6.07, 6.45) is 40.8. The molecular formula is C33H64O2. The summed E-state index contributed by atoms with van der Waals surface area (Å²) in [5.41, 5.74) is 0. The van der Waals surface area contributed by atoms with E-state index in [1.165, 1.54) is 154 Å². The van der Waals surface area contributed by atoms with E-state index >= 15 is 0 Å². The lowest BCUT2D eigenvalue weighted by atomic mass is 10.0. The van der Waals surface area contributed by atoms with Crippen LogP contribution in [0.1, 0.15) is 194 Å². The molecule has 0 saturated heterocycles. The fraction of sp³-hybridized carbons (Fsp3) is 0.909. The van der Waals surface area contributed by atoms with Gasteiger partial charge in [0.1, 0.15) is 0 Å². The molecule has 0 unspecified atom stereocenters. The van der Waals surface area contributed by atoms with Gasteiger partial charge in [-0.1, -0.05) is 168 Å². The molecule has 0 aromatic heterocycles. The largest absolute Gasteiger partial charge is 0.435 e. The van der Waals surface area contributed by atoms with Crippen molar-refractivity contribution in [3.05, 3.63) is 12.3 Å². The van der Waals surface area contributed by atoms with Gasteiger partial charge in [0, 0.05) is 6.42 Å². The van der Waals surface area contributed by atoms with Gasteiger partial charge in [-0.3, -0.25) is 4.79 Å². The van der Waals surface area contributed by atoms with E-state index in [0.29, 0.717) is 6.42 Å². The van der Waals surface area contributed by atoms with Gasteiger partial charge in [0.05, 0.1) is 6.26 Å². The number of hydrogen-bond acceptors (Lipinski definition) is 2. The molecule has 0 aromatic carbocycles. The van der Waals surface area contributed by atoms with E-state index in [2.05, 4.69) is 13.8 Å². The van der Waals surface area contributed by atoms with Gasteiger partial charge in [0.2, 0.25) is 0 Å². The van der Waals surface area contributed by atoms with Crippen molar-refractivity contribution < 1.29 is 9.53 Å². The number of esters is 1. The van der Waals surface area contributed by atoms with Crippen LogP contribution < -0.4 is 0 Å². The van der Waals surface area contributed by atoms with Gasteiger partial charge < -0.3 is 4.74 Å². The van der Waals surface area contributed by atoms with Crippen LogP contribution in [0.3, 0.4) is 0 Å². The predicted octanol–water partition coefficient (Wildman–Crippen LogP) is 12.0. The molecule has 2 nitrogen and oxygen atoms in total. The first-order chi connectivity index (χ1) is 17.3.